The van der Waals surface area contributed by atoms with Crippen LogP contribution in [0.3, 0.4) is 0 Å². The molecule has 1 aliphatic heterocycles. The number of hydrogen-bond acceptors (Lipinski definition) is 3. The smallest absolute Gasteiger partial charge is 0.227 e. The van der Waals surface area contributed by atoms with Gasteiger partial charge in [-0.3, -0.25) is 9.59 Å². The van der Waals surface area contributed by atoms with E-state index in [1.807, 2.05) is 36.4 Å². The molecular weight excluding hydrogens is 526 g/mol. The van der Waals surface area contributed by atoms with Crippen LogP contribution in [0.1, 0.15) is 30.4 Å². The third kappa shape index (κ3) is 7.27. The lowest BCUT2D eigenvalue weighted by Crippen LogP contribution is -2.51. The van der Waals surface area contributed by atoms with Gasteiger partial charge in [0.1, 0.15) is 11.6 Å². The summed E-state index contributed by atoms with van der Waals surface area (Å²) in [5.74, 6) is -0.163. The fourth-order valence-electron chi connectivity index (χ4n) is 4.89. The molecule has 4 rings (SSSR count). The summed E-state index contributed by atoms with van der Waals surface area (Å²) >= 11 is 12.3. The van der Waals surface area contributed by atoms with Crippen LogP contribution in [0.5, 0.6) is 5.75 Å². The maximum atomic E-state index is 14.4. The zero-order chi connectivity index (χ0) is 27.1. The van der Waals surface area contributed by atoms with Gasteiger partial charge in [0.2, 0.25) is 11.8 Å². The van der Waals surface area contributed by atoms with Crippen molar-refractivity contribution < 1.29 is 18.7 Å². The number of hydrogen-bond donors (Lipinski definition) is 0. The highest BCUT2D eigenvalue weighted by atomic mass is 35.5. The predicted molar refractivity (Wildman–Crippen MR) is 148 cm³/mol. The Morgan fingerprint density at radius 2 is 1.82 bits per heavy atom. The Kier molecular flexibility index (Phi) is 9.29. The lowest BCUT2D eigenvalue weighted by molar-refractivity contribution is -0.140. The number of amides is 2. The summed E-state index contributed by atoms with van der Waals surface area (Å²) < 4.78 is 20.5. The van der Waals surface area contributed by atoms with E-state index in [9.17, 15) is 14.0 Å². The van der Waals surface area contributed by atoms with Gasteiger partial charge >= 0.3 is 0 Å². The van der Waals surface area contributed by atoms with Gasteiger partial charge in [0.25, 0.3) is 0 Å². The first-order valence-electron chi connectivity index (χ1n) is 12.6. The summed E-state index contributed by atoms with van der Waals surface area (Å²) in [6, 6.07) is 21.3. The fraction of sp³-hybridized carbons (Fsp3) is 0.333. The van der Waals surface area contributed by atoms with Gasteiger partial charge in [0.05, 0.1) is 13.0 Å². The molecule has 1 saturated heterocycles. The summed E-state index contributed by atoms with van der Waals surface area (Å²) in [6.07, 6.45) is 1.48. The maximum Gasteiger partial charge on any atom is 0.227 e. The van der Waals surface area contributed by atoms with E-state index in [1.165, 1.54) is 12.1 Å². The first-order valence-corrected chi connectivity index (χ1v) is 13.4. The number of carbonyl (C=O) groups is 2. The van der Waals surface area contributed by atoms with Gasteiger partial charge < -0.3 is 14.5 Å². The second-order valence-corrected chi connectivity index (χ2v) is 10.8. The second kappa shape index (κ2) is 12.6. The van der Waals surface area contributed by atoms with E-state index in [0.717, 1.165) is 5.56 Å². The normalized spacial score (nSPS) is 17.2. The molecule has 3 aromatic rings. The zero-order valence-corrected chi connectivity index (χ0v) is 22.8. The molecule has 0 saturated carbocycles. The molecule has 3 aromatic carbocycles. The molecule has 0 bridgehead atoms. The minimum atomic E-state index is -0.614. The molecule has 1 aliphatic rings. The number of nitrogens with zero attached hydrogens (tertiary/aromatic N) is 2. The first kappa shape index (κ1) is 27.9. The van der Waals surface area contributed by atoms with Crippen LogP contribution in [0.2, 0.25) is 10.0 Å². The Bertz CT molecular complexity index is 1250. The molecule has 0 aliphatic carbocycles. The van der Waals surface area contributed by atoms with Crippen molar-refractivity contribution in [3.63, 3.8) is 0 Å². The van der Waals surface area contributed by atoms with Crippen molar-refractivity contribution in [2.75, 3.05) is 26.7 Å². The molecule has 1 fully saturated rings. The quantitative estimate of drug-likeness (QED) is 0.306. The molecule has 1 heterocycles. The van der Waals surface area contributed by atoms with Crippen LogP contribution in [-0.4, -0.2) is 48.4 Å². The lowest BCUT2D eigenvalue weighted by atomic mass is 9.77. The van der Waals surface area contributed by atoms with E-state index in [4.69, 9.17) is 27.9 Å². The van der Waals surface area contributed by atoms with Crippen molar-refractivity contribution in [2.24, 2.45) is 5.41 Å². The molecule has 1 atom stereocenters. The fourth-order valence-corrected chi connectivity index (χ4v) is 5.30. The number of benzene rings is 3. The molecule has 2 amide bonds. The predicted octanol–water partition coefficient (Wildman–Crippen LogP) is 6.41. The molecule has 38 heavy (non-hydrogen) atoms. The molecule has 0 aromatic heterocycles. The second-order valence-electron chi connectivity index (χ2n) is 9.95. The molecule has 8 heteroatoms. The average Bonchev–Trinajstić information content (AvgIpc) is 2.90. The Hall–Kier alpha value is -3.09. The molecule has 200 valence electrons. The van der Waals surface area contributed by atoms with Crippen LogP contribution in [0.15, 0.2) is 72.8 Å². The Labute approximate surface area is 233 Å². The van der Waals surface area contributed by atoms with Gasteiger partial charge in [0.15, 0.2) is 0 Å². The summed E-state index contributed by atoms with van der Waals surface area (Å²) in [4.78, 5) is 30.1. The minimum Gasteiger partial charge on any atom is -0.493 e. The molecule has 5 nitrogen and oxygen atoms in total. The van der Waals surface area contributed by atoms with Crippen LogP contribution < -0.4 is 4.74 Å². The van der Waals surface area contributed by atoms with Crippen molar-refractivity contribution in [1.82, 2.24) is 9.80 Å². The van der Waals surface area contributed by atoms with Gasteiger partial charge in [-0.25, -0.2) is 4.39 Å². The molecule has 0 spiro atoms. The van der Waals surface area contributed by atoms with Crippen LogP contribution >= 0.6 is 23.2 Å². The number of carbonyl (C=O) groups excluding carboxylic acids is 2. The Morgan fingerprint density at radius 1 is 1.05 bits per heavy atom. The van der Waals surface area contributed by atoms with Gasteiger partial charge in [-0.15, -0.1) is 0 Å². The standard InChI is InChI=1S/C30H31Cl2FN2O3/c1-34(19-22-8-3-2-4-9-22)29(37)18-30(21-38-24-11-5-10-23(31)16-24)14-7-15-35(20-30)28(36)17-25-26(32)12-6-13-27(25)33/h2-6,8-13,16H,7,14-15,17-21H2,1H3. The topological polar surface area (TPSA) is 49.9 Å². The van der Waals surface area contributed by atoms with E-state index in [1.54, 1.807) is 41.1 Å². The highest BCUT2D eigenvalue weighted by molar-refractivity contribution is 6.31. The highest BCUT2D eigenvalue weighted by Gasteiger charge is 2.40. The van der Waals surface area contributed by atoms with Crippen molar-refractivity contribution in [1.29, 1.82) is 0 Å². The third-order valence-corrected chi connectivity index (χ3v) is 7.55. The van der Waals surface area contributed by atoms with Gasteiger partial charge in [-0.05, 0) is 48.7 Å². The van der Waals surface area contributed by atoms with Crippen molar-refractivity contribution in [3.8, 4) is 5.75 Å². The van der Waals surface area contributed by atoms with Gasteiger partial charge in [0, 0.05) is 54.1 Å². The molecule has 1 unspecified atom stereocenters. The average molecular weight is 557 g/mol. The largest absolute Gasteiger partial charge is 0.493 e. The number of likely N-dealkylation sites (tertiary alicyclic amines) is 1. The van der Waals surface area contributed by atoms with Crippen LogP contribution in [0.25, 0.3) is 0 Å². The van der Waals surface area contributed by atoms with Crippen molar-refractivity contribution in [3.05, 3.63) is 99.8 Å². The third-order valence-electron chi connectivity index (χ3n) is 6.96. The summed E-state index contributed by atoms with van der Waals surface area (Å²) in [7, 11) is 1.78. The summed E-state index contributed by atoms with van der Waals surface area (Å²) in [5.41, 5.74) is 0.607. The summed E-state index contributed by atoms with van der Waals surface area (Å²) in [5, 5.41) is 0.779. The zero-order valence-electron chi connectivity index (χ0n) is 21.3. The van der Waals surface area contributed by atoms with Crippen molar-refractivity contribution in [2.45, 2.75) is 32.2 Å². The monoisotopic (exact) mass is 556 g/mol. The molecule has 0 radical (unpaired) electrons. The lowest BCUT2D eigenvalue weighted by Gasteiger charge is -2.43. The minimum absolute atomic E-state index is 0.0324. The van der Waals surface area contributed by atoms with E-state index < -0.39 is 11.2 Å². The Balaban J connectivity index is 1.52. The van der Waals surface area contributed by atoms with E-state index in [-0.39, 0.29) is 41.8 Å². The number of halogens is 3. The number of ether oxygens (including phenoxy) is 1. The highest BCUT2D eigenvalue weighted by Crippen LogP contribution is 2.36. The molecular formula is C30H31Cl2FN2O3. The van der Waals surface area contributed by atoms with Gasteiger partial charge in [-0.2, -0.15) is 0 Å². The Morgan fingerprint density at radius 3 is 2.55 bits per heavy atom. The van der Waals surface area contributed by atoms with Crippen LogP contribution in [0, 0.1) is 11.2 Å². The van der Waals surface area contributed by atoms with Crippen LogP contribution in [0.4, 0.5) is 4.39 Å². The number of rotatable bonds is 9. The van der Waals surface area contributed by atoms with E-state index >= 15 is 0 Å². The molecule has 0 N–H and O–H groups in total. The first-order chi connectivity index (χ1) is 18.2. The number of piperidine rings is 1. The van der Waals surface area contributed by atoms with Crippen molar-refractivity contribution >= 4 is 35.0 Å². The van der Waals surface area contributed by atoms with Crippen LogP contribution in [-0.2, 0) is 22.6 Å². The van der Waals surface area contributed by atoms with Gasteiger partial charge in [-0.1, -0.05) is 65.7 Å². The maximum absolute atomic E-state index is 14.4. The van der Waals surface area contributed by atoms with E-state index in [0.29, 0.717) is 43.2 Å². The SMILES string of the molecule is CN(Cc1ccccc1)C(=O)CC1(COc2cccc(Cl)c2)CCCN(C(=O)Cc2c(F)cccc2Cl)C1. The van der Waals surface area contributed by atoms with E-state index in [2.05, 4.69) is 0 Å². The summed E-state index contributed by atoms with van der Waals surface area (Å²) in [6.45, 7) is 1.57.